The molecule has 0 saturated heterocycles. The minimum Gasteiger partial charge on any atom is -0.389 e. The molecule has 3 N–H and O–H groups in total. The Morgan fingerprint density at radius 3 is 2.86 bits per heavy atom. The molecule has 118 valence electrons. The number of rotatable bonds is 7. The van der Waals surface area contributed by atoms with Gasteiger partial charge in [-0.05, 0) is 12.5 Å². The van der Waals surface area contributed by atoms with Gasteiger partial charge >= 0.3 is 6.03 Å². The number of hydrogen-bond donors (Lipinski definition) is 3. The Hall–Kier alpha value is -1.96. The van der Waals surface area contributed by atoms with Crippen LogP contribution in [0.5, 0.6) is 0 Å². The smallest absolute Gasteiger partial charge is 0.321 e. The number of urea groups is 1. The molecule has 0 aliphatic heterocycles. The number of aromatic nitrogens is 1. The summed E-state index contributed by atoms with van der Waals surface area (Å²) >= 11 is 1.33. The second-order valence-electron chi connectivity index (χ2n) is 4.71. The fraction of sp³-hybridized carbons (Fsp3) is 0.333. The van der Waals surface area contributed by atoms with Crippen LogP contribution in [0.2, 0.25) is 0 Å². The van der Waals surface area contributed by atoms with E-state index in [9.17, 15) is 9.90 Å². The van der Waals surface area contributed by atoms with Gasteiger partial charge in [0.05, 0.1) is 18.8 Å². The quantitative estimate of drug-likeness (QED) is 0.731. The molecular formula is C15H19N3O3S. The number of benzene rings is 1. The second-order valence-corrected chi connectivity index (χ2v) is 5.61. The second kappa shape index (κ2) is 8.47. The van der Waals surface area contributed by atoms with Crippen LogP contribution in [-0.4, -0.2) is 35.4 Å². The average molecular weight is 321 g/mol. The molecule has 0 aliphatic carbocycles. The van der Waals surface area contributed by atoms with Crippen molar-refractivity contribution in [2.75, 3.05) is 18.5 Å². The van der Waals surface area contributed by atoms with Gasteiger partial charge in [-0.2, -0.15) is 0 Å². The van der Waals surface area contributed by atoms with Crippen molar-refractivity contribution in [1.82, 2.24) is 10.3 Å². The molecule has 1 heterocycles. The highest BCUT2D eigenvalue weighted by atomic mass is 32.1. The first-order valence-corrected chi connectivity index (χ1v) is 7.82. The van der Waals surface area contributed by atoms with Crippen LogP contribution < -0.4 is 10.6 Å². The van der Waals surface area contributed by atoms with E-state index in [0.717, 1.165) is 5.56 Å². The van der Waals surface area contributed by atoms with Crippen LogP contribution in [0.15, 0.2) is 41.9 Å². The molecule has 0 fully saturated rings. The number of aliphatic hydroxyl groups is 1. The normalized spacial score (nSPS) is 13.4. The van der Waals surface area contributed by atoms with Crippen LogP contribution in [0, 0.1) is 0 Å². The zero-order valence-electron chi connectivity index (χ0n) is 12.2. The SMILES string of the molecule is C[C@H](OC[C@@H](O)CNC(=O)Nc1nccs1)c1ccccc1. The van der Waals surface area contributed by atoms with Crippen molar-refractivity contribution < 1.29 is 14.6 Å². The number of carbonyl (C=O) groups is 1. The third-order valence-electron chi connectivity index (χ3n) is 2.96. The van der Waals surface area contributed by atoms with Gasteiger partial charge in [0.2, 0.25) is 0 Å². The summed E-state index contributed by atoms with van der Waals surface area (Å²) in [4.78, 5) is 15.5. The van der Waals surface area contributed by atoms with Gasteiger partial charge in [-0.25, -0.2) is 9.78 Å². The third kappa shape index (κ3) is 5.44. The molecule has 2 amide bonds. The van der Waals surface area contributed by atoms with E-state index < -0.39 is 12.1 Å². The summed E-state index contributed by atoms with van der Waals surface area (Å²) in [6.07, 6.45) is 0.724. The lowest BCUT2D eigenvalue weighted by Gasteiger charge is -2.17. The maximum atomic E-state index is 11.6. The topological polar surface area (TPSA) is 83.5 Å². The molecule has 22 heavy (non-hydrogen) atoms. The van der Waals surface area contributed by atoms with Crippen molar-refractivity contribution in [1.29, 1.82) is 0 Å². The molecule has 0 saturated carbocycles. The fourth-order valence-electron chi connectivity index (χ4n) is 1.77. The lowest BCUT2D eigenvalue weighted by Crippen LogP contribution is -2.37. The molecule has 0 unspecified atom stereocenters. The minimum absolute atomic E-state index is 0.110. The molecular weight excluding hydrogens is 302 g/mol. The first-order valence-electron chi connectivity index (χ1n) is 6.94. The van der Waals surface area contributed by atoms with Crippen molar-refractivity contribution in [3.63, 3.8) is 0 Å². The number of nitrogens with one attached hydrogen (secondary N) is 2. The van der Waals surface area contributed by atoms with Crippen molar-refractivity contribution in [3.8, 4) is 0 Å². The Balaban J connectivity index is 1.65. The summed E-state index contributed by atoms with van der Waals surface area (Å²) in [6, 6.07) is 9.36. The highest BCUT2D eigenvalue weighted by molar-refractivity contribution is 7.13. The number of thiazole rings is 1. The number of hydrogen-bond acceptors (Lipinski definition) is 5. The lowest BCUT2D eigenvalue weighted by molar-refractivity contribution is -0.000953. The van der Waals surface area contributed by atoms with Crippen molar-refractivity contribution in [2.45, 2.75) is 19.1 Å². The predicted molar refractivity (Wildman–Crippen MR) is 86.0 cm³/mol. The predicted octanol–water partition coefficient (Wildman–Crippen LogP) is 2.40. The summed E-state index contributed by atoms with van der Waals surface area (Å²) in [5.41, 5.74) is 1.05. The summed E-state index contributed by atoms with van der Waals surface area (Å²) in [7, 11) is 0. The van der Waals surface area contributed by atoms with E-state index in [1.54, 1.807) is 11.6 Å². The minimum atomic E-state index is -0.770. The zero-order chi connectivity index (χ0) is 15.8. The van der Waals surface area contributed by atoms with Gasteiger partial charge in [0.25, 0.3) is 0 Å². The Kier molecular flexibility index (Phi) is 6.32. The molecule has 0 radical (unpaired) electrons. The maximum absolute atomic E-state index is 11.6. The number of nitrogens with zero attached hydrogens (tertiary/aromatic N) is 1. The van der Waals surface area contributed by atoms with E-state index in [2.05, 4.69) is 15.6 Å². The zero-order valence-corrected chi connectivity index (χ0v) is 13.0. The summed E-state index contributed by atoms with van der Waals surface area (Å²) in [6.45, 7) is 2.18. The van der Waals surface area contributed by atoms with E-state index in [4.69, 9.17) is 4.74 Å². The van der Waals surface area contributed by atoms with Gasteiger partial charge in [-0.3, -0.25) is 5.32 Å². The molecule has 2 rings (SSSR count). The molecule has 2 atom stereocenters. The molecule has 0 bridgehead atoms. The largest absolute Gasteiger partial charge is 0.389 e. The Bertz CT molecular complexity index is 563. The first-order chi connectivity index (χ1) is 10.6. The van der Waals surface area contributed by atoms with E-state index in [-0.39, 0.29) is 19.3 Å². The van der Waals surface area contributed by atoms with E-state index in [0.29, 0.717) is 5.13 Å². The van der Waals surface area contributed by atoms with Crippen molar-refractivity contribution in [2.24, 2.45) is 0 Å². The monoisotopic (exact) mass is 321 g/mol. The van der Waals surface area contributed by atoms with E-state index in [1.165, 1.54) is 11.3 Å². The molecule has 6 nitrogen and oxygen atoms in total. The van der Waals surface area contributed by atoms with E-state index >= 15 is 0 Å². The van der Waals surface area contributed by atoms with Gasteiger partial charge in [-0.15, -0.1) is 11.3 Å². The highest BCUT2D eigenvalue weighted by Gasteiger charge is 2.11. The maximum Gasteiger partial charge on any atom is 0.321 e. The van der Waals surface area contributed by atoms with Crippen LogP contribution in [0.1, 0.15) is 18.6 Å². The fourth-order valence-corrected chi connectivity index (χ4v) is 2.30. The highest BCUT2D eigenvalue weighted by Crippen LogP contribution is 2.15. The summed E-state index contributed by atoms with van der Waals surface area (Å²) in [5, 5.41) is 17.3. The van der Waals surface area contributed by atoms with Crippen LogP contribution in [0.4, 0.5) is 9.93 Å². The Morgan fingerprint density at radius 2 is 2.18 bits per heavy atom. The third-order valence-corrected chi connectivity index (χ3v) is 3.65. The van der Waals surface area contributed by atoms with Gasteiger partial charge in [-0.1, -0.05) is 30.3 Å². The molecule has 1 aromatic heterocycles. The Morgan fingerprint density at radius 1 is 1.41 bits per heavy atom. The standard InChI is InChI=1S/C15H19N3O3S/c1-11(12-5-3-2-4-6-12)21-10-13(19)9-17-14(20)18-15-16-7-8-22-15/h2-8,11,13,19H,9-10H2,1H3,(H2,16,17,18,20)/t11-,13-/m0/s1. The number of aliphatic hydroxyl groups excluding tert-OH is 1. The molecule has 7 heteroatoms. The average Bonchev–Trinajstić information content (AvgIpc) is 3.04. The van der Waals surface area contributed by atoms with E-state index in [1.807, 2.05) is 37.3 Å². The van der Waals surface area contributed by atoms with Crippen LogP contribution >= 0.6 is 11.3 Å². The first kappa shape index (κ1) is 16.4. The molecule has 0 spiro atoms. The van der Waals surface area contributed by atoms with Gasteiger partial charge < -0.3 is 15.2 Å². The summed E-state index contributed by atoms with van der Waals surface area (Å²) in [5.74, 6) is 0. The molecule has 0 aliphatic rings. The van der Waals surface area contributed by atoms with Gasteiger partial charge in [0.15, 0.2) is 5.13 Å². The number of amides is 2. The van der Waals surface area contributed by atoms with Gasteiger partial charge in [0, 0.05) is 18.1 Å². The van der Waals surface area contributed by atoms with Gasteiger partial charge in [0.1, 0.15) is 0 Å². The lowest BCUT2D eigenvalue weighted by atomic mass is 10.1. The van der Waals surface area contributed by atoms with Crippen LogP contribution in [-0.2, 0) is 4.74 Å². The van der Waals surface area contributed by atoms with Crippen molar-refractivity contribution in [3.05, 3.63) is 47.5 Å². The molecule has 2 aromatic rings. The van der Waals surface area contributed by atoms with Crippen LogP contribution in [0.3, 0.4) is 0 Å². The Labute approximate surface area is 133 Å². The van der Waals surface area contributed by atoms with Crippen LogP contribution in [0.25, 0.3) is 0 Å². The van der Waals surface area contributed by atoms with Crippen molar-refractivity contribution >= 4 is 22.5 Å². The number of anilines is 1. The molecule has 1 aromatic carbocycles. The number of carbonyl (C=O) groups excluding carboxylic acids is 1. The number of ether oxygens (including phenoxy) is 1. The summed E-state index contributed by atoms with van der Waals surface area (Å²) < 4.78 is 5.60.